The predicted molar refractivity (Wildman–Crippen MR) is 93.4 cm³/mol. The van der Waals surface area contributed by atoms with Crippen molar-refractivity contribution < 1.29 is 9.53 Å². The van der Waals surface area contributed by atoms with Crippen LogP contribution in [0.2, 0.25) is 0 Å². The average Bonchev–Trinajstić information content (AvgIpc) is 2.60. The van der Waals surface area contributed by atoms with Gasteiger partial charge in [-0.15, -0.1) is 10.2 Å². The van der Waals surface area contributed by atoms with Gasteiger partial charge < -0.3 is 10.1 Å². The number of carbonyl (C=O) groups excluding carboxylic acids is 1. The highest BCUT2D eigenvalue weighted by Gasteiger charge is 2.18. The topological polar surface area (TPSA) is 64.1 Å². The molecule has 5 nitrogen and oxygen atoms in total. The molecule has 0 unspecified atom stereocenters. The zero-order valence-corrected chi connectivity index (χ0v) is 14.7. The summed E-state index contributed by atoms with van der Waals surface area (Å²) in [6.45, 7) is 5.54. The lowest BCUT2D eigenvalue weighted by Crippen LogP contribution is -2.39. The van der Waals surface area contributed by atoms with Crippen LogP contribution < -0.4 is 5.32 Å². The van der Waals surface area contributed by atoms with Gasteiger partial charge in [-0.2, -0.15) is 0 Å². The highest BCUT2D eigenvalue weighted by atomic mass is 32.2. The molecule has 1 aliphatic heterocycles. The van der Waals surface area contributed by atoms with E-state index in [1.165, 1.54) is 11.1 Å². The molecule has 0 spiro atoms. The van der Waals surface area contributed by atoms with Crippen molar-refractivity contribution in [2.24, 2.45) is 0 Å². The molecule has 1 aromatic carbocycles. The zero-order chi connectivity index (χ0) is 16.9. The molecule has 2 heterocycles. The Morgan fingerprint density at radius 3 is 2.67 bits per heavy atom. The molecule has 3 rings (SSSR count). The van der Waals surface area contributed by atoms with E-state index >= 15 is 0 Å². The van der Waals surface area contributed by atoms with Crippen molar-refractivity contribution in [1.29, 1.82) is 0 Å². The summed E-state index contributed by atoms with van der Waals surface area (Å²) in [6, 6.07) is 10.1. The summed E-state index contributed by atoms with van der Waals surface area (Å²) in [7, 11) is 0. The van der Waals surface area contributed by atoms with E-state index in [-0.39, 0.29) is 11.9 Å². The number of benzene rings is 1. The lowest BCUT2D eigenvalue weighted by molar-refractivity contribution is 0.0693. The van der Waals surface area contributed by atoms with Crippen molar-refractivity contribution in [1.82, 2.24) is 15.5 Å². The third-order valence-electron chi connectivity index (χ3n) is 3.99. The van der Waals surface area contributed by atoms with Crippen molar-refractivity contribution in [3.05, 3.63) is 47.2 Å². The standard InChI is InChI=1S/C18H21N3O2S/c1-12-3-4-13(2)16(11-12)24-17-6-5-15(20-21-17)18(22)19-14-7-9-23-10-8-14/h3-6,11,14H,7-10H2,1-2H3,(H,19,22). The first-order chi connectivity index (χ1) is 11.6. The number of nitrogens with zero attached hydrogens (tertiary/aromatic N) is 2. The molecule has 1 fully saturated rings. The van der Waals surface area contributed by atoms with Crippen LogP contribution in [0.15, 0.2) is 40.3 Å². The van der Waals surface area contributed by atoms with E-state index in [0.29, 0.717) is 18.9 Å². The maximum atomic E-state index is 12.2. The highest BCUT2D eigenvalue weighted by molar-refractivity contribution is 7.99. The predicted octanol–water partition coefficient (Wildman–Crippen LogP) is 3.15. The molecule has 0 bridgehead atoms. The van der Waals surface area contributed by atoms with E-state index in [4.69, 9.17) is 4.74 Å². The molecule has 0 radical (unpaired) electrons. The van der Waals surface area contributed by atoms with Gasteiger partial charge in [0.15, 0.2) is 5.69 Å². The third kappa shape index (κ3) is 4.33. The zero-order valence-electron chi connectivity index (χ0n) is 13.9. The Kier molecular flexibility index (Phi) is 5.48. The first-order valence-corrected chi connectivity index (χ1v) is 8.91. The fourth-order valence-electron chi connectivity index (χ4n) is 2.53. The van der Waals surface area contributed by atoms with Crippen LogP contribution in [0.1, 0.15) is 34.5 Å². The van der Waals surface area contributed by atoms with Crippen LogP contribution in [-0.4, -0.2) is 35.4 Å². The number of aromatic nitrogens is 2. The molecule has 0 aliphatic carbocycles. The summed E-state index contributed by atoms with van der Waals surface area (Å²) in [5.41, 5.74) is 2.77. The Morgan fingerprint density at radius 2 is 1.96 bits per heavy atom. The van der Waals surface area contributed by atoms with Gasteiger partial charge in [0.1, 0.15) is 5.03 Å². The highest BCUT2D eigenvalue weighted by Crippen LogP contribution is 2.29. The molecular formula is C18H21N3O2S. The fraction of sp³-hybridized carbons (Fsp3) is 0.389. The third-order valence-corrected chi connectivity index (χ3v) is 5.07. The molecule has 24 heavy (non-hydrogen) atoms. The quantitative estimate of drug-likeness (QED) is 0.924. The number of amides is 1. The Morgan fingerprint density at radius 1 is 1.17 bits per heavy atom. The van der Waals surface area contributed by atoms with Gasteiger partial charge in [0.25, 0.3) is 5.91 Å². The Labute approximate surface area is 146 Å². The van der Waals surface area contributed by atoms with E-state index in [1.807, 2.05) is 6.07 Å². The van der Waals surface area contributed by atoms with E-state index in [2.05, 4.69) is 47.6 Å². The van der Waals surface area contributed by atoms with Gasteiger partial charge in [0.05, 0.1) is 0 Å². The Hall–Kier alpha value is -1.92. The minimum absolute atomic E-state index is 0.164. The summed E-state index contributed by atoms with van der Waals surface area (Å²) in [4.78, 5) is 13.4. The van der Waals surface area contributed by atoms with Crippen LogP contribution in [0.4, 0.5) is 0 Å². The van der Waals surface area contributed by atoms with E-state index < -0.39 is 0 Å². The first-order valence-electron chi connectivity index (χ1n) is 8.09. The van der Waals surface area contributed by atoms with Crippen molar-refractivity contribution >= 4 is 17.7 Å². The van der Waals surface area contributed by atoms with Crippen LogP contribution in [0.3, 0.4) is 0 Å². The summed E-state index contributed by atoms with van der Waals surface area (Å²) < 4.78 is 5.30. The summed E-state index contributed by atoms with van der Waals surface area (Å²) in [5.74, 6) is -0.169. The molecule has 0 saturated carbocycles. The Bertz CT molecular complexity index is 713. The molecule has 2 aromatic rings. The van der Waals surface area contributed by atoms with Crippen LogP contribution >= 0.6 is 11.8 Å². The minimum atomic E-state index is -0.169. The second kappa shape index (κ2) is 7.77. The summed E-state index contributed by atoms with van der Waals surface area (Å²) in [6.07, 6.45) is 1.69. The second-order valence-corrected chi connectivity index (χ2v) is 7.05. The molecule has 1 N–H and O–H groups in total. The molecule has 1 aromatic heterocycles. The number of hydrogen-bond donors (Lipinski definition) is 1. The van der Waals surface area contributed by atoms with Crippen molar-refractivity contribution in [3.63, 3.8) is 0 Å². The number of aryl methyl sites for hydroxylation is 2. The van der Waals surface area contributed by atoms with Gasteiger partial charge in [-0.25, -0.2) is 0 Å². The van der Waals surface area contributed by atoms with Gasteiger partial charge in [-0.3, -0.25) is 4.79 Å². The summed E-state index contributed by atoms with van der Waals surface area (Å²) in [5, 5.41) is 12.0. The molecule has 126 valence electrons. The molecule has 0 atom stereocenters. The van der Waals surface area contributed by atoms with Gasteiger partial charge in [0.2, 0.25) is 0 Å². The molecule has 1 saturated heterocycles. The Balaban J connectivity index is 1.64. The normalized spacial score (nSPS) is 15.2. The van der Waals surface area contributed by atoms with Crippen LogP contribution in [0.25, 0.3) is 0 Å². The lowest BCUT2D eigenvalue weighted by Gasteiger charge is -2.22. The number of ether oxygens (including phenoxy) is 1. The van der Waals surface area contributed by atoms with E-state index in [9.17, 15) is 4.79 Å². The monoisotopic (exact) mass is 343 g/mol. The van der Waals surface area contributed by atoms with Crippen molar-refractivity contribution in [3.8, 4) is 0 Å². The van der Waals surface area contributed by atoms with Gasteiger partial charge in [-0.1, -0.05) is 23.9 Å². The van der Waals surface area contributed by atoms with Gasteiger partial charge >= 0.3 is 0 Å². The second-order valence-electron chi connectivity index (χ2n) is 5.99. The number of hydrogen-bond acceptors (Lipinski definition) is 5. The fourth-order valence-corrected chi connectivity index (χ4v) is 3.44. The lowest BCUT2D eigenvalue weighted by atomic mass is 10.1. The molecule has 1 amide bonds. The van der Waals surface area contributed by atoms with E-state index in [0.717, 1.165) is 22.8 Å². The number of nitrogens with one attached hydrogen (secondary N) is 1. The van der Waals surface area contributed by atoms with Crippen molar-refractivity contribution in [2.45, 2.75) is 42.7 Å². The van der Waals surface area contributed by atoms with Crippen LogP contribution in [0, 0.1) is 13.8 Å². The molecule has 6 heteroatoms. The van der Waals surface area contributed by atoms with Gasteiger partial charge in [-0.05, 0) is 56.0 Å². The first kappa shape index (κ1) is 16.9. The number of rotatable bonds is 4. The number of carbonyl (C=O) groups is 1. The van der Waals surface area contributed by atoms with Crippen molar-refractivity contribution in [2.75, 3.05) is 13.2 Å². The molecule has 1 aliphatic rings. The average molecular weight is 343 g/mol. The summed E-state index contributed by atoms with van der Waals surface area (Å²) >= 11 is 1.56. The largest absolute Gasteiger partial charge is 0.381 e. The maximum absolute atomic E-state index is 12.2. The van der Waals surface area contributed by atoms with Gasteiger partial charge in [0, 0.05) is 24.2 Å². The van der Waals surface area contributed by atoms with Crippen LogP contribution in [0.5, 0.6) is 0 Å². The SMILES string of the molecule is Cc1ccc(C)c(Sc2ccc(C(=O)NC3CCOCC3)nn2)c1. The molecular weight excluding hydrogens is 322 g/mol. The smallest absolute Gasteiger partial charge is 0.272 e. The minimum Gasteiger partial charge on any atom is -0.381 e. The van der Waals surface area contributed by atoms with Crippen LogP contribution in [-0.2, 0) is 4.74 Å². The maximum Gasteiger partial charge on any atom is 0.272 e. The van der Waals surface area contributed by atoms with E-state index in [1.54, 1.807) is 17.8 Å².